The average Bonchev–Trinajstić information content (AvgIpc) is 2.12. The SMILES string of the molecule is C/C(I)=C\[C@@H](C)[C@H](C)C[C@@H](C)O[Si](C)(C)C(C)(C)C. The standard InChI is InChI=1S/C16H33IOSi/c1-12(10-14(3)17)13(2)11-15(4)18-19(8,9)16(5,6)7/h10,12-13,15H,11H2,1-9H3/b14-10+/t12-,13-,15-/m1/s1. The van der Waals surface area contributed by atoms with E-state index in [1.165, 1.54) is 3.58 Å². The molecule has 3 heteroatoms. The van der Waals surface area contributed by atoms with Crippen LogP contribution in [0.1, 0.15) is 54.9 Å². The van der Waals surface area contributed by atoms with Crippen molar-refractivity contribution in [1.29, 1.82) is 0 Å². The van der Waals surface area contributed by atoms with Crippen molar-refractivity contribution in [2.45, 2.75) is 79.1 Å². The van der Waals surface area contributed by atoms with E-state index in [4.69, 9.17) is 4.43 Å². The first-order valence-corrected chi connectivity index (χ1v) is 11.4. The smallest absolute Gasteiger partial charge is 0.192 e. The number of halogens is 1. The Labute approximate surface area is 135 Å². The van der Waals surface area contributed by atoms with Gasteiger partial charge in [0.25, 0.3) is 0 Å². The molecule has 0 saturated heterocycles. The quantitative estimate of drug-likeness (QED) is 0.373. The Morgan fingerprint density at radius 2 is 1.68 bits per heavy atom. The van der Waals surface area contributed by atoms with Crippen molar-refractivity contribution < 1.29 is 4.43 Å². The third-order valence-corrected chi connectivity index (χ3v) is 9.36. The maximum atomic E-state index is 6.44. The van der Waals surface area contributed by atoms with Gasteiger partial charge >= 0.3 is 0 Å². The molecule has 1 nitrogen and oxygen atoms in total. The molecule has 3 atom stereocenters. The van der Waals surface area contributed by atoms with Crippen LogP contribution in [0, 0.1) is 11.8 Å². The van der Waals surface area contributed by atoms with Gasteiger partial charge in [-0.3, -0.25) is 0 Å². The minimum Gasteiger partial charge on any atom is -0.414 e. The van der Waals surface area contributed by atoms with Crippen LogP contribution in [0.2, 0.25) is 18.1 Å². The Kier molecular flexibility index (Phi) is 7.86. The Balaban J connectivity index is 4.47. The zero-order chi connectivity index (χ0) is 15.4. The molecule has 0 N–H and O–H groups in total. The van der Waals surface area contributed by atoms with Crippen LogP contribution >= 0.6 is 22.6 Å². The van der Waals surface area contributed by atoms with Crippen molar-refractivity contribution in [1.82, 2.24) is 0 Å². The van der Waals surface area contributed by atoms with E-state index in [1.54, 1.807) is 0 Å². The van der Waals surface area contributed by atoms with E-state index in [9.17, 15) is 0 Å². The molecule has 114 valence electrons. The predicted molar refractivity (Wildman–Crippen MR) is 98.5 cm³/mol. The minimum atomic E-state index is -1.62. The molecule has 0 aliphatic rings. The summed E-state index contributed by atoms with van der Waals surface area (Å²) in [5.74, 6) is 1.30. The molecule has 0 heterocycles. The van der Waals surface area contributed by atoms with Crippen molar-refractivity contribution in [3.63, 3.8) is 0 Å². The highest BCUT2D eigenvalue weighted by Gasteiger charge is 2.38. The van der Waals surface area contributed by atoms with E-state index in [2.05, 4.69) is 90.2 Å². The minimum absolute atomic E-state index is 0.300. The second-order valence-electron chi connectivity index (χ2n) is 7.51. The van der Waals surface area contributed by atoms with Crippen molar-refractivity contribution in [3.05, 3.63) is 9.66 Å². The van der Waals surface area contributed by atoms with E-state index in [0.29, 0.717) is 23.0 Å². The number of hydrogen-bond acceptors (Lipinski definition) is 1. The summed E-state index contributed by atoms with van der Waals surface area (Å²) >= 11 is 2.39. The van der Waals surface area contributed by atoms with Gasteiger partial charge in [-0.1, -0.05) is 40.7 Å². The van der Waals surface area contributed by atoms with E-state index in [-0.39, 0.29) is 0 Å². The number of rotatable bonds is 6. The summed E-state index contributed by atoms with van der Waals surface area (Å²) in [7, 11) is -1.62. The van der Waals surface area contributed by atoms with Crippen LogP contribution in [0.5, 0.6) is 0 Å². The summed E-state index contributed by atoms with van der Waals surface area (Å²) in [4.78, 5) is 0. The topological polar surface area (TPSA) is 9.23 Å². The molecule has 0 spiro atoms. The molecule has 19 heavy (non-hydrogen) atoms. The van der Waals surface area contributed by atoms with Crippen LogP contribution in [0.4, 0.5) is 0 Å². The lowest BCUT2D eigenvalue weighted by molar-refractivity contribution is 0.161. The molecule has 0 aromatic carbocycles. The molecule has 0 bridgehead atoms. The molecule has 0 fully saturated rings. The van der Waals surface area contributed by atoms with Gasteiger partial charge in [-0.15, -0.1) is 0 Å². The fraction of sp³-hybridized carbons (Fsp3) is 0.875. The van der Waals surface area contributed by atoms with Gasteiger partial charge in [0, 0.05) is 6.10 Å². The maximum absolute atomic E-state index is 6.44. The van der Waals surface area contributed by atoms with Crippen LogP contribution in [0.25, 0.3) is 0 Å². The molecule has 0 aromatic rings. The summed E-state index contributed by atoms with van der Waals surface area (Å²) in [6.07, 6.45) is 3.87. The largest absolute Gasteiger partial charge is 0.414 e. The highest BCUT2D eigenvalue weighted by molar-refractivity contribution is 14.1. The van der Waals surface area contributed by atoms with Crippen LogP contribution < -0.4 is 0 Å². The third-order valence-electron chi connectivity index (χ3n) is 4.40. The first kappa shape index (κ1) is 19.6. The molecule has 0 unspecified atom stereocenters. The normalized spacial score (nSPS) is 19.2. The zero-order valence-electron chi connectivity index (χ0n) is 14.3. The van der Waals surface area contributed by atoms with E-state index in [1.807, 2.05) is 0 Å². The fourth-order valence-electron chi connectivity index (χ4n) is 1.99. The fourth-order valence-corrected chi connectivity index (χ4v) is 4.02. The molecule has 0 aliphatic heterocycles. The first-order valence-electron chi connectivity index (χ1n) is 7.38. The van der Waals surface area contributed by atoms with Gasteiger partial charge in [0.1, 0.15) is 0 Å². The van der Waals surface area contributed by atoms with Crippen LogP contribution in [-0.2, 0) is 4.43 Å². The molecule has 0 aliphatic carbocycles. The van der Waals surface area contributed by atoms with Gasteiger partial charge in [0.05, 0.1) is 0 Å². The highest BCUT2D eigenvalue weighted by atomic mass is 127. The summed E-state index contributed by atoms with van der Waals surface area (Å²) in [6.45, 7) is 20.7. The lowest BCUT2D eigenvalue weighted by Crippen LogP contribution is -2.43. The molecule has 0 radical (unpaired) electrons. The highest BCUT2D eigenvalue weighted by Crippen LogP contribution is 2.38. The predicted octanol–water partition coefficient (Wildman–Crippen LogP) is 6.40. The van der Waals surface area contributed by atoms with Crippen molar-refractivity contribution in [2.24, 2.45) is 11.8 Å². The Morgan fingerprint density at radius 3 is 2.05 bits per heavy atom. The average molecular weight is 396 g/mol. The summed E-state index contributed by atoms with van der Waals surface area (Å²) in [6, 6.07) is 0. The molecule has 0 aromatic heterocycles. The van der Waals surface area contributed by atoms with Crippen molar-refractivity contribution >= 4 is 30.9 Å². The Morgan fingerprint density at radius 1 is 1.21 bits per heavy atom. The van der Waals surface area contributed by atoms with E-state index < -0.39 is 8.32 Å². The van der Waals surface area contributed by atoms with Gasteiger partial charge in [-0.2, -0.15) is 0 Å². The second-order valence-corrected chi connectivity index (χ2v) is 14.0. The second kappa shape index (κ2) is 7.60. The monoisotopic (exact) mass is 396 g/mol. The molecule has 0 saturated carbocycles. The third kappa shape index (κ3) is 7.28. The Bertz CT molecular complexity index is 300. The Hall–Kier alpha value is 0.647. The molecular formula is C16H33IOSi. The number of allylic oxidation sites excluding steroid dienone is 2. The van der Waals surface area contributed by atoms with Crippen LogP contribution in [-0.4, -0.2) is 14.4 Å². The van der Waals surface area contributed by atoms with E-state index >= 15 is 0 Å². The summed E-state index contributed by atoms with van der Waals surface area (Å²) < 4.78 is 7.83. The maximum Gasteiger partial charge on any atom is 0.192 e. The van der Waals surface area contributed by atoms with Gasteiger partial charge < -0.3 is 4.43 Å². The van der Waals surface area contributed by atoms with Crippen molar-refractivity contribution in [3.8, 4) is 0 Å². The first-order chi connectivity index (χ1) is 8.36. The van der Waals surface area contributed by atoms with Gasteiger partial charge in [0.2, 0.25) is 0 Å². The van der Waals surface area contributed by atoms with Gasteiger partial charge in [-0.25, -0.2) is 0 Å². The van der Waals surface area contributed by atoms with Gasteiger partial charge in [0.15, 0.2) is 8.32 Å². The number of hydrogen-bond donors (Lipinski definition) is 0. The molecule has 0 amide bonds. The zero-order valence-corrected chi connectivity index (χ0v) is 17.5. The lowest BCUT2D eigenvalue weighted by Gasteiger charge is -2.39. The van der Waals surface area contributed by atoms with Crippen LogP contribution in [0.15, 0.2) is 9.66 Å². The van der Waals surface area contributed by atoms with Crippen molar-refractivity contribution in [2.75, 3.05) is 0 Å². The molecular weight excluding hydrogens is 363 g/mol. The summed E-state index contributed by atoms with van der Waals surface area (Å²) in [5.41, 5.74) is 0. The van der Waals surface area contributed by atoms with E-state index in [0.717, 1.165) is 6.42 Å². The summed E-state index contributed by atoms with van der Waals surface area (Å²) in [5, 5.41) is 0.300. The molecule has 0 rings (SSSR count). The van der Waals surface area contributed by atoms with Crippen LogP contribution in [0.3, 0.4) is 0 Å². The lowest BCUT2D eigenvalue weighted by atomic mass is 9.91. The van der Waals surface area contributed by atoms with Gasteiger partial charge in [-0.05, 0) is 76.4 Å².